The highest BCUT2D eigenvalue weighted by atomic mass is 19.4. The Morgan fingerprint density at radius 2 is 1.19 bits per heavy atom. The van der Waals surface area contributed by atoms with Gasteiger partial charge in [-0.2, -0.15) is 43.9 Å². The van der Waals surface area contributed by atoms with Gasteiger partial charge in [0.1, 0.15) is 0 Å². The standard InChI is InChI=1S/C11H8F13N2/c1-5(12)6(13,14)7(15,16)8(17,18)9(19,20)10(21,22)11(23,24)26-3-2-25-4-26/h2-3,5H,4H2,1H3/q+1. The molecule has 0 bridgehead atoms. The van der Waals surface area contributed by atoms with Crippen molar-refractivity contribution in [3.8, 4) is 0 Å². The highest BCUT2D eigenvalue weighted by Gasteiger charge is 2.93. The van der Waals surface area contributed by atoms with Crippen molar-refractivity contribution in [2.24, 2.45) is 4.99 Å². The van der Waals surface area contributed by atoms with Crippen LogP contribution >= 0.6 is 0 Å². The molecule has 1 atom stereocenters. The van der Waals surface area contributed by atoms with Gasteiger partial charge in [0.05, 0.1) is 6.21 Å². The molecule has 1 rings (SSSR count). The predicted octanol–water partition coefficient (Wildman–Crippen LogP) is 4.24. The maximum absolute atomic E-state index is 13.5. The molecule has 0 radical (unpaired) electrons. The van der Waals surface area contributed by atoms with Crippen LogP contribution in [0.2, 0.25) is 0 Å². The summed E-state index contributed by atoms with van der Waals surface area (Å²) < 4.78 is 171. The smallest absolute Gasteiger partial charge is 0.241 e. The largest absolute Gasteiger partial charge is 0.530 e. The number of nitrogens with zero attached hydrogens (tertiary/aromatic N) is 2. The molecule has 152 valence electrons. The average molecular weight is 415 g/mol. The first kappa shape index (κ1) is 22.5. The van der Waals surface area contributed by atoms with E-state index < -0.39 is 60.0 Å². The summed E-state index contributed by atoms with van der Waals surface area (Å²) in [5.74, 6) is -36.8. The highest BCUT2D eigenvalue weighted by Crippen LogP contribution is 2.60. The number of alkyl halides is 13. The van der Waals surface area contributed by atoms with E-state index in [1.54, 1.807) is 0 Å². The van der Waals surface area contributed by atoms with Crippen LogP contribution in [0.4, 0.5) is 57.1 Å². The van der Waals surface area contributed by atoms with E-state index in [1.165, 1.54) is 0 Å². The molecular weight excluding hydrogens is 407 g/mol. The van der Waals surface area contributed by atoms with Gasteiger partial charge >= 0.3 is 35.7 Å². The van der Waals surface area contributed by atoms with E-state index >= 15 is 0 Å². The monoisotopic (exact) mass is 415 g/mol. The first-order valence-electron chi connectivity index (χ1n) is 6.31. The molecule has 1 unspecified atom stereocenters. The van der Waals surface area contributed by atoms with E-state index in [0.29, 0.717) is 6.21 Å². The molecule has 0 aromatic heterocycles. The van der Waals surface area contributed by atoms with Crippen molar-refractivity contribution in [3.05, 3.63) is 0 Å². The fourth-order valence-corrected chi connectivity index (χ4v) is 1.71. The second-order valence-corrected chi connectivity index (χ2v) is 5.17. The minimum atomic E-state index is -7.77. The topological polar surface area (TPSA) is 15.4 Å². The van der Waals surface area contributed by atoms with Crippen LogP contribution in [0.5, 0.6) is 0 Å². The van der Waals surface area contributed by atoms with E-state index in [0.717, 1.165) is 0 Å². The maximum atomic E-state index is 13.5. The Kier molecular flexibility index (Phi) is 5.16. The van der Waals surface area contributed by atoms with Gasteiger partial charge in [0.25, 0.3) is 0 Å². The predicted molar refractivity (Wildman–Crippen MR) is 59.9 cm³/mol. The van der Waals surface area contributed by atoms with Crippen LogP contribution < -0.4 is 0 Å². The van der Waals surface area contributed by atoms with Crippen molar-refractivity contribution in [3.63, 3.8) is 0 Å². The molecule has 26 heavy (non-hydrogen) atoms. The summed E-state index contributed by atoms with van der Waals surface area (Å²) in [5.41, 5.74) is 0. The number of hydrogen-bond acceptors (Lipinski definition) is 1. The molecule has 0 N–H and O–H groups in total. The van der Waals surface area contributed by atoms with Crippen molar-refractivity contribution in [1.82, 2.24) is 0 Å². The Bertz CT molecular complexity index is 605. The summed E-state index contributed by atoms with van der Waals surface area (Å²) in [6, 6.07) is -6.23. The lowest BCUT2D eigenvalue weighted by Crippen LogP contribution is -2.72. The molecule has 0 aliphatic carbocycles. The van der Waals surface area contributed by atoms with E-state index in [-0.39, 0.29) is 6.21 Å². The Hall–Kier alpha value is -1.57. The summed E-state index contributed by atoms with van der Waals surface area (Å²) in [6.45, 7) is -1.87. The SMILES string of the molecule is CC(F)C(F)(F)C(F)(F)C(F)(F)C(F)(F)C(F)(F)C(F)(F)[N+]1=CC=NC1. The summed E-state index contributed by atoms with van der Waals surface area (Å²) in [4.78, 5) is 2.88. The van der Waals surface area contributed by atoms with Gasteiger partial charge in [0.2, 0.25) is 6.67 Å². The molecule has 1 heterocycles. The van der Waals surface area contributed by atoms with Crippen LogP contribution in [-0.4, -0.2) is 65.5 Å². The van der Waals surface area contributed by atoms with Crippen LogP contribution in [-0.2, 0) is 0 Å². The van der Waals surface area contributed by atoms with Crippen LogP contribution in [0.25, 0.3) is 0 Å². The molecular formula is C11H8F13N2+. The normalized spacial score (nSPS) is 18.9. The van der Waals surface area contributed by atoms with Crippen LogP contribution in [0.15, 0.2) is 4.99 Å². The molecule has 2 nitrogen and oxygen atoms in total. The lowest BCUT2D eigenvalue weighted by molar-refractivity contribution is -0.708. The quantitative estimate of drug-likeness (QED) is 0.336. The maximum Gasteiger partial charge on any atom is 0.530 e. The van der Waals surface area contributed by atoms with E-state index in [2.05, 4.69) is 4.99 Å². The number of halogens is 13. The minimum absolute atomic E-state index is 0.0431. The summed E-state index contributed by atoms with van der Waals surface area (Å²) in [7, 11) is 0. The fraction of sp³-hybridized carbons (Fsp3) is 0.818. The van der Waals surface area contributed by atoms with Crippen LogP contribution in [0.3, 0.4) is 0 Å². The number of aliphatic imine (C=N–C) groups is 1. The Labute approximate surface area is 136 Å². The molecule has 0 aromatic carbocycles. The molecule has 0 aromatic rings. The third kappa shape index (κ3) is 2.64. The lowest BCUT2D eigenvalue weighted by atomic mass is 9.91. The van der Waals surface area contributed by atoms with Gasteiger partial charge in [0, 0.05) is 0 Å². The molecule has 15 heteroatoms. The van der Waals surface area contributed by atoms with E-state index in [1.807, 2.05) is 0 Å². The molecule has 0 saturated carbocycles. The van der Waals surface area contributed by atoms with Crippen molar-refractivity contribution in [2.45, 2.75) is 48.8 Å². The fourth-order valence-electron chi connectivity index (χ4n) is 1.71. The van der Waals surface area contributed by atoms with E-state index in [9.17, 15) is 57.1 Å². The van der Waals surface area contributed by atoms with Gasteiger partial charge in [-0.1, -0.05) is 0 Å². The van der Waals surface area contributed by atoms with Crippen molar-refractivity contribution in [2.75, 3.05) is 6.67 Å². The first-order valence-corrected chi connectivity index (χ1v) is 6.31. The van der Waals surface area contributed by atoms with Crippen molar-refractivity contribution < 1.29 is 61.7 Å². The summed E-state index contributed by atoms with van der Waals surface area (Å²) in [6.07, 6.45) is -3.86. The zero-order valence-corrected chi connectivity index (χ0v) is 12.2. The lowest BCUT2D eigenvalue weighted by Gasteiger charge is -2.40. The Morgan fingerprint density at radius 1 is 0.769 bits per heavy atom. The van der Waals surface area contributed by atoms with Gasteiger partial charge in [-0.05, 0) is 6.92 Å². The number of hydrogen-bond donors (Lipinski definition) is 0. The second-order valence-electron chi connectivity index (χ2n) is 5.17. The van der Waals surface area contributed by atoms with Gasteiger partial charge in [-0.15, -0.1) is 13.4 Å². The zero-order valence-electron chi connectivity index (χ0n) is 12.2. The summed E-state index contributed by atoms with van der Waals surface area (Å²) in [5, 5.41) is 0. The Balaban J connectivity index is 3.50. The molecule has 1 aliphatic heterocycles. The summed E-state index contributed by atoms with van der Waals surface area (Å²) >= 11 is 0. The third-order valence-corrected chi connectivity index (χ3v) is 3.43. The first-order chi connectivity index (χ1) is 11.3. The highest BCUT2D eigenvalue weighted by molar-refractivity contribution is 6.14. The van der Waals surface area contributed by atoms with E-state index in [4.69, 9.17) is 0 Å². The average Bonchev–Trinajstić information content (AvgIpc) is 3.00. The van der Waals surface area contributed by atoms with Crippen molar-refractivity contribution >= 4 is 12.4 Å². The zero-order chi connectivity index (χ0) is 21.0. The molecule has 0 saturated heterocycles. The Morgan fingerprint density at radius 3 is 1.54 bits per heavy atom. The molecule has 0 fully saturated rings. The van der Waals surface area contributed by atoms with Crippen LogP contribution in [0.1, 0.15) is 6.92 Å². The molecule has 0 amide bonds. The van der Waals surface area contributed by atoms with Gasteiger partial charge in [-0.25, -0.2) is 9.38 Å². The molecule has 1 aliphatic rings. The van der Waals surface area contributed by atoms with Gasteiger partial charge in [-0.3, -0.25) is 0 Å². The second kappa shape index (κ2) is 5.97. The third-order valence-electron chi connectivity index (χ3n) is 3.43. The van der Waals surface area contributed by atoms with Gasteiger partial charge < -0.3 is 0 Å². The van der Waals surface area contributed by atoms with Crippen LogP contribution in [0, 0.1) is 0 Å². The molecule has 0 spiro atoms. The minimum Gasteiger partial charge on any atom is -0.241 e. The number of rotatable bonds is 7. The van der Waals surface area contributed by atoms with Gasteiger partial charge in [0.15, 0.2) is 12.4 Å². The van der Waals surface area contributed by atoms with Crippen molar-refractivity contribution in [1.29, 1.82) is 0 Å².